The van der Waals surface area contributed by atoms with E-state index in [0.29, 0.717) is 0 Å². The first-order valence-corrected chi connectivity index (χ1v) is 6.90. The Morgan fingerprint density at radius 1 is 1.18 bits per heavy atom. The van der Waals surface area contributed by atoms with Gasteiger partial charge in [0.15, 0.2) is 0 Å². The van der Waals surface area contributed by atoms with Crippen molar-refractivity contribution < 1.29 is 5.11 Å². The summed E-state index contributed by atoms with van der Waals surface area (Å²) in [6.45, 7) is 2.23. The fraction of sp³-hybridized carbons (Fsp3) is 0.600. The van der Waals surface area contributed by atoms with Crippen LogP contribution in [0.2, 0.25) is 5.02 Å². The number of hydrogen-bond donors (Lipinski definition) is 1. The van der Waals surface area contributed by atoms with Crippen molar-refractivity contribution in [2.24, 2.45) is 5.41 Å². The molecule has 1 nitrogen and oxygen atoms in total. The van der Waals surface area contributed by atoms with Crippen molar-refractivity contribution in [3.63, 3.8) is 0 Å². The van der Waals surface area contributed by atoms with Crippen LogP contribution in [-0.2, 0) is 6.42 Å². The molecule has 2 heteroatoms. The van der Waals surface area contributed by atoms with Crippen molar-refractivity contribution in [2.45, 2.75) is 51.6 Å². The predicted molar refractivity (Wildman–Crippen MR) is 72.4 cm³/mol. The molecule has 0 aromatic heterocycles. The SMILES string of the molecule is CC1(C(O)Cc2ccc(Cl)cc2)CCCCC1. The number of aliphatic hydroxyl groups excluding tert-OH is 1. The zero-order chi connectivity index (χ0) is 12.3. The van der Waals surface area contributed by atoms with E-state index >= 15 is 0 Å². The van der Waals surface area contributed by atoms with Crippen molar-refractivity contribution in [3.8, 4) is 0 Å². The van der Waals surface area contributed by atoms with Gasteiger partial charge in [-0.1, -0.05) is 49.9 Å². The van der Waals surface area contributed by atoms with Gasteiger partial charge in [0.2, 0.25) is 0 Å². The van der Waals surface area contributed by atoms with Gasteiger partial charge in [0, 0.05) is 5.02 Å². The van der Waals surface area contributed by atoms with Crippen molar-refractivity contribution in [1.29, 1.82) is 0 Å². The van der Waals surface area contributed by atoms with E-state index < -0.39 is 0 Å². The molecule has 1 atom stereocenters. The minimum atomic E-state index is -0.232. The quantitative estimate of drug-likeness (QED) is 0.854. The lowest BCUT2D eigenvalue weighted by Gasteiger charge is -2.38. The van der Waals surface area contributed by atoms with Gasteiger partial charge < -0.3 is 5.11 Å². The Morgan fingerprint density at radius 3 is 2.35 bits per heavy atom. The molecule has 1 N–H and O–H groups in total. The minimum Gasteiger partial charge on any atom is -0.392 e. The van der Waals surface area contributed by atoms with Crippen LogP contribution in [0.1, 0.15) is 44.6 Å². The fourth-order valence-corrected chi connectivity index (χ4v) is 2.91. The maximum Gasteiger partial charge on any atom is 0.0634 e. The number of benzene rings is 1. The van der Waals surface area contributed by atoms with Gasteiger partial charge in [-0.05, 0) is 42.4 Å². The summed E-state index contributed by atoms with van der Waals surface area (Å²) in [5.41, 5.74) is 1.28. The van der Waals surface area contributed by atoms with Gasteiger partial charge in [-0.25, -0.2) is 0 Å². The van der Waals surface area contributed by atoms with Crippen LogP contribution in [0.15, 0.2) is 24.3 Å². The second-order valence-electron chi connectivity index (χ2n) is 5.56. The summed E-state index contributed by atoms with van der Waals surface area (Å²) in [6, 6.07) is 7.81. The predicted octanol–water partition coefficient (Wildman–Crippen LogP) is 4.21. The molecule has 1 aliphatic carbocycles. The summed E-state index contributed by atoms with van der Waals surface area (Å²) in [6.07, 6.45) is 6.66. The van der Waals surface area contributed by atoms with E-state index in [1.807, 2.05) is 24.3 Å². The van der Waals surface area contributed by atoms with Gasteiger partial charge in [-0.15, -0.1) is 0 Å². The molecule has 1 aromatic carbocycles. The molecule has 1 aromatic rings. The molecule has 0 saturated heterocycles. The van der Waals surface area contributed by atoms with Gasteiger partial charge in [0.25, 0.3) is 0 Å². The normalized spacial score (nSPS) is 21.1. The zero-order valence-corrected chi connectivity index (χ0v) is 11.2. The highest BCUT2D eigenvalue weighted by Gasteiger charge is 2.34. The van der Waals surface area contributed by atoms with Crippen LogP contribution in [0.5, 0.6) is 0 Å². The molecule has 1 fully saturated rings. The molecule has 1 aliphatic rings. The van der Waals surface area contributed by atoms with Crippen LogP contribution in [0.4, 0.5) is 0 Å². The molecule has 94 valence electrons. The Kier molecular flexibility index (Phi) is 4.11. The molecule has 1 unspecified atom stereocenters. The average Bonchev–Trinajstić information content (AvgIpc) is 2.33. The van der Waals surface area contributed by atoms with Gasteiger partial charge in [0.05, 0.1) is 6.10 Å². The Hall–Kier alpha value is -0.530. The first-order valence-electron chi connectivity index (χ1n) is 6.53. The highest BCUT2D eigenvalue weighted by atomic mass is 35.5. The Bertz CT molecular complexity index is 352. The molecule has 2 rings (SSSR count). The largest absolute Gasteiger partial charge is 0.392 e. The molecular formula is C15H21ClO. The maximum atomic E-state index is 10.4. The minimum absolute atomic E-state index is 0.109. The molecule has 0 aliphatic heterocycles. The summed E-state index contributed by atoms with van der Waals surface area (Å²) >= 11 is 5.86. The van der Waals surface area contributed by atoms with Crippen molar-refractivity contribution in [2.75, 3.05) is 0 Å². The van der Waals surface area contributed by atoms with Gasteiger partial charge in [0.1, 0.15) is 0 Å². The zero-order valence-electron chi connectivity index (χ0n) is 10.5. The second-order valence-corrected chi connectivity index (χ2v) is 6.00. The van der Waals surface area contributed by atoms with Crippen molar-refractivity contribution in [1.82, 2.24) is 0 Å². The van der Waals surface area contributed by atoms with E-state index in [4.69, 9.17) is 11.6 Å². The third kappa shape index (κ3) is 3.23. The molecular weight excluding hydrogens is 232 g/mol. The summed E-state index contributed by atoms with van der Waals surface area (Å²) in [7, 11) is 0. The lowest BCUT2D eigenvalue weighted by atomic mass is 9.70. The smallest absolute Gasteiger partial charge is 0.0634 e. The van der Waals surface area contributed by atoms with E-state index in [1.165, 1.54) is 24.8 Å². The molecule has 0 spiro atoms. The standard InChI is InChI=1S/C15H21ClO/c1-15(9-3-2-4-10-15)14(17)11-12-5-7-13(16)8-6-12/h5-8,14,17H,2-4,9-11H2,1H3. The Morgan fingerprint density at radius 2 is 1.76 bits per heavy atom. The van der Waals surface area contributed by atoms with Crippen LogP contribution in [0, 0.1) is 5.41 Å². The molecule has 0 radical (unpaired) electrons. The van der Waals surface area contributed by atoms with E-state index in [9.17, 15) is 5.11 Å². The Balaban J connectivity index is 2.00. The Labute approximate surface area is 109 Å². The summed E-state index contributed by atoms with van der Waals surface area (Å²) in [5.74, 6) is 0. The van der Waals surface area contributed by atoms with Crippen LogP contribution in [0.25, 0.3) is 0 Å². The number of halogens is 1. The fourth-order valence-electron chi connectivity index (χ4n) is 2.78. The molecule has 0 heterocycles. The summed E-state index contributed by atoms with van der Waals surface area (Å²) < 4.78 is 0. The highest BCUT2D eigenvalue weighted by molar-refractivity contribution is 6.30. The number of rotatable bonds is 3. The maximum absolute atomic E-state index is 10.4. The van der Waals surface area contributed by atoms with E-state index in [2.05, 4.69) is 6.92 Å². The first-order chi connectivity index (χ1) is 8.10. The third-order valence-corrected chi connectivity index (χ3v) is 4.39. The van der Waals surface area contributed by atoms with Crippen molar-refractivity contribution in [3.05, 3.63) is 34.9 Å². The third-order valence-electron chi connectivity index (χ3n) is 4.14. The second kappa shape index (κ2) is 5.41. The molecule has 1 saturated carbocycles. The lowest BCUT2D eigenvalue weighted by molar-refractivity contribution is 0.0104. The molecule has 0 amide bonds. The monoisotopic (exact) mass is 252 g/mol. The van der Waals surface area contributed by atoms with E-state index in [1.54, 1.807) is 0 Å². The van der Waals surface area contributed by atoms with Crippen LogP contribution < -0.4 is 0 Å². The van der Waals surface area contributed by atoms with Crippen LogP contribution >= 0.6 is 11.6 Å². The van der Waals surface area contributed by atoms with Gasteiger partial charge >= 0.3 is 0 Å². The molecule has 0 bridgehead atoms. The van der Waals surface area contributed by atoms with Crippen LogP contribution in [0.3, 0.4) is 0 Å². The first kappa shape index (κ1) is 12.9. The number of hydrogen-bond acceptors (Lipinski definition) is 1. The average molecular weight is 253 g/mol. The van der Waals surface area contributed by atoms with E-state index in [-0.39, 0.29) is 11.5 Å². The van der Waals surface area contributed by atoms with Crippen LogP contribution in [-0.4, -0.2) is 11.2 Å². The summed E-state index contributed by atoms with van der Waals surface area (Å²) in [4.78, 5) is 0. The van der Waals surface area contributed by atoms with E-state index in [0.717, 1.165) is 24.3 Å². The number of aliphatic hydroxyl groups is 1. The van der Waals surface area contributed by atoms with Gasteiger partial charge in [-0.2, -0.15) is 0 Å². The topological polar surface area (TPSA) is 20.2 Å². The lowest BCUT2D eigenvalue weighted by Crippen LogP contribution is -2.35. The highest BCUT2D eigenvalue weighted by Crippen LogP contribution is 2.39. The van der Waals surface area contributed by atoms with Gasteiger partial charge in [-0.3, -0.25) is 0 Å². The molecule has 17 heavy (non-hydrogen) atoms. The van der Waals surface area contributed by atoms with Crippen molar-refractivity contribution >= 4 is 11.6 Å². The summed E-state index contributed by atoms with van der Waals surface area (Å²) in [5, 5.41) is 11.2.